The highest BCUT2D eigenvalue weighted by Gasteiger charge is 2.08. The van der Waals surface area contributed by atoms with Gasteiger partial charge in [-0.1, -0.05) is 24.3 Å². The van der Waals surface area contributed by atoms with Crippen molar-refractivity contribution in [1.82, 2.24) is 19.9 Å². The van der Waals surface area contributed by atoms with Crippen molar-refractivity contribution in [3.63, 3.8) is 0 Å². The maximum Gasteiger partial charge on any atom is 0.178 e. The number of hydrogen-bond donors (Lipinski definition) is 1. The quantitative estimate of drug-likeness (QED) is 0.608. The van der Waals surface area contributed by atoms with Gasteiger partial charge in [-0.2, -0.15) is 0 Å². The van der Waals surface area contributed by atoms with Crippen molar-refractivity contribution in [2.24, 2.45) is 0 Å². The van der Waals surface area contributed by atoms with E-state index in [1.165, 1.54) is 5.39 Å². The number of H-pyrrole nitrogens is 1. The van der Waals surface area contributed by atoms with E-state index in [9.17, 15) is 0 Å². The molecule has 0 radical (unpaired) electrons. The van der Waals surface area contributed by atoms with Gasteiger partial charge in [-0.3, -0.25) is 4.98 Å². The Morgan fingerprint density at radius 1 is 1.00 bits per heavy atom. The first kappa shape index (κ1) is 11.4. The fourth-order valence-corrected chi connectivity index (χ4v) is 3.06. The van der Waals surface area contributed by atoms with Crippen molar-refractivity contribution < 1.29 is 0 Å². The third kappa shape index (κ3) is 1.92. The van der Waals surface area contributed by atoms with Gasteiger partial charge in [0, 0.05) is 28.9 Å². The molecule has 3 heterocycles. The molecule has 5 heteroatoms. The lowest BCUT2D eigenvalue weighted by molar-refractivity contribution is 1.07. The van der Waals surface area contributed by atoms with Crippen molar-refractivity contribution >= 4 is 33.7 Å². The van der Waals surface area contributed by atoms with E-state index in [2.05, 4.69) is 32.1 Å². The highest BCUT2D eigenvalue weighted by atomic mass is 32.2. The summed E-state index contributed by atoms with van der Waals surface area (Å²) in [6, 6.07) is 12.1. The Labute approximate surface area is 119 Å². The average Bonchev–Trinajstić information content (AvgIpc) is 2.90. The molecule has 0 aliphatic rings. The number of nitrogens with one attached hydrogen (secondary N) is 1. The van der Waals surface area contributed by atoms with Gasteiger partial charge in [-0.25, -0.2) is 9.97 Å². The molecule has 4 rings (SSSR count). The van der Waals surface area contributed by atoms with Crippen LogP contribution in [0.5, 0.6) is 0 Å². The number of imidazole rings is 1. The van der Waals surface area contributed by atoms with E-state index in [4.69, 9.17) is 0 Å². The van der Waals surface area contributed by atoms with Crippen molar-refractivity contribution in [3.8, 4) is 0 Å². The van der Waals surface area contributed by atoms with Crippen LogP contribution in [0.25, 0.3) is 21.9 Å². The molecule has 20 heavy (non-hydrogen) atoms. The minimum atomic E-state index is 0.739. The Morgan fingerprint density at radius 3 is 2.90 bits per heavy atom. The second-order valence-electron chi connectivity index (χ2n) is 4.38. The Bertz CT molecular complexity index is 862. The summed E-state index contributed by atoms with van der Waals surface area (Å²) in [7, 11) is 0. The van der Waals surface area contributed by atoms with Gasteiger partial charge in [0.05, 0.1) is 5.52 Å². The first-order chi connectivity index (χ1) is 9.90. The van der Waals surface area contributed by atoms with E-state index in [-0.39, 0.29) is 0 Å². The molecule has 1 aromatic carbocycles. The van der Waals surface area contributed by atoms with Crippen molar-refractivity contribution in [2.75, 3.05) is 0 Å². The lowest BCUT2D eigenvalue weighted by Gasteiger charge is -2.02. The Balaban J connectivity index is 1.80. The molecule has 0 spiro atoms. The highest BCUT2D eigenvalue weighted by molar-refractivity contribution is 7.99. The number of benzene rings is 1. The van der Waals surface area contributed by atoms with Crippen molar-refractivity contribution in [1.29, 1.82) is 0 Å². The number of aromatic nitrogens is 4. The summed E-state index contributed by atoms with van der Waals surface area (Å²) in [5, 5.41) is 3.14. The first-order valence-electron chi connectivity index (χ1n) is 6.21. The second kappa shape index (κ2) is 4.61. The molecule has 0 atom stereocenters. The number of nitrogens with zero attached hydrogens (tertiary/aromatic N) is 3. The number of pyridine rings is 2. The molecule has 96 valence electrons. The molecule has 1 N–H and O–H groups in total. The largest absolute Gasteiger partial charge is 0.331 e. The summed E-state index contributed by atoms with van der Waals surface area (Å²) < 4.78 is 0. The van der Waals surface area contributed by atoms with Gasteiger partial charge in [-0.05, 0) is 29.3 Å². The number of hydrogen-bond acceptors (Lipinski definition) is 4. The Hall–Kier alpha value is -2.40. The smallest absolute Gasteiger partial charge is 0.178 e. The zero-order valence-corrected chi connectivity index (χ0v) is 11.3. The van der Waals surface area contributed by atoms with Gasteiger partial charge in [0.1, 0.15) is 0 Å². The van der Waals surface area contributed by atoms with E-state index in [0.29, 0.717) is 0 Å². The topological polar surface area (TPSA) is 54.5 Å². The number of fused-ring (bicyclic) bond motifs is 2. The molecular weight excluding hydrogens is 268 g/mol. The maximum atomic E-state index is 4.48. The van der Waals surface area contributed by atoms with Crippen LogP contribution in [0.1, 0.15) is 0 Å². The summed E-state index contributed by atoms with van der Waals surface area (Å²) in [4.78, 5) is 17.4. The molecule has 0 bridgehead atoms. The summed E-state index contributed by atoms with van der Waals surface area (Å²) in [6.07, 6.45) is 5.49. The molecule has 4 aromatic rings. The summed E-state index contributed by atoms with van der Waals surface area (Å²) in [5.41, 5.74) is 1.69. The fourth-order valence-electron chi connectivity index (χ4n) is 2.15. The fraction of sp³-hybridized carbons (Fsp3) is 0. The maximum absolute atomic E-state index is 4.48. The minimum Gasteiger partial charge on any atom is -0.331 e. The van der Waals surface area contributed by atoms with Crippen LogP contribution in [0.2, 0.25) is 0 Å². The minimum absolute atomic E-state index is 0.739. The Kier molecular flexibility index (Phi) is 2.63. The normalized spacial score (nSPS) is 11.2. The number of aromatic amines is 1. The average molecular weight is 278 g/mol. The van der Waals surface area contributed by atoms with E-state index in [0.717, 1.165) is 26.6 Å². The van der Waals surface area contributed by atoms with E-state index < -0.39 is 0 Å². The van der Waals surface area contributed by atoms with Gasteiger partial charge in [-0.15, -0.1) is 0 Å². The van der Waals surface area contributed by atoms with Crippen LogP contribution in [0.15, 0.2) is 65.0 Å². The molecule has 0 amide bonds. The third-order valence-electron chi connectivity index (χ3n) is 3.07. The standard InChI is InChI=1S/C15H10N4S/c1-2-5-11-10(4-1)8-16-9-13(11)20-15-18-12-6-3-7-17-14(12)19-15/h1-9H,(H,17,18,19). The van der Waals surface area contributed by atoms with Crippen LogP contribution < -0.4 is 0 Å². The first-order valence-corrected chi connectivity index (χ1v) is 7.03. The molecule has 0 saturated heterocycles. The van der Waals surface area contributed by atoms with Crippen LogP contribution in [-0.4, -0.2) is 19.9 Å². The lowest BCUT2D eigenvalue weighted by Crippen LogP contribution is -1.82. The van der Waals surface area contributed by atoms with Gasteiger partial charge in [0.2, 0.25) is 0 Å². The van der Waals surface area contributed by atoms with Crippen LogP contribution >= 0.6 is 11.8 Å². The molecular formula is C15H10N4S. The molecule has 0 saturated carbocycles. The summed E-state index contributed by atoms with van der Waals surface area (Å²) in [6.45, 7) is 0. The van der Waals surface area contributed by atoms with E-state index in [1.807, 2.05) is 36.7 Å². The van der Waals surface area contributed by atoms with Gasteiger partial charge < -0.3 is 4.98 Å². The molecule has 4 nitrogen and oxygen atoms in total. The summed E-state index contributed by atoms with van der Waals surface area (Å²) >= 11 is 1.57. The molecule has 0 fully saturated rings. The van der Waals surface area contributed by atoms with Crippen LogP contribution in [0.4, 0.5) is 0 Å². The van der Waals surface area contributed by atoms with Crippen LogP contribution in [-0.2, 0) is 0 Å². The zero-order valence-electron chi connectivity index (χ0n) is 10.4. The molecule has 0 unspecified atom stereocenters. The number of rotatable bonds is 2. The van der Waals surface area contributed by atoms with Gasteiger partial charge >= 0.3 is 0 Å². The predicted octanol–water partition coefficient (Wildman–Crippen LogP) is 3.66. The second-order valence-corrected chi connectivity index (χ2v) is 5.41. The Morgan fingerprint density at radius 2 is 1.95 bits per heavy atom. The van der Waals surface area contributed by atoms with E-state index in [1.54, 1.807) is 18.0 Å². The molecule has 0 aliphatic carbocycles. The highest BCUT2D eigenvalue weighted by Crippen LogP contribution is 2.31. The third-order valence-corrected chi connectivity index (χ3v) is 4.01. The summed E-state index contributed by atoms with van der Waals surface area (Å²) in [5.74, 6) is 0. The molecule has 0 aliphatic heterocycles. The monoisotopic (exact) mass is 278 g/mol. The zero-order chi connectivity index (χ0) is 13.4. The molecule has 3 aromatic heterocycles. The van der Waals surface area contributed by atoms with Crippen molar-refractivity contribution in [3.05, 3.63) is 55.0 Å². The lowest BCUT2D eigenvalue weighted by atomic mass is 10.2. The van der Waals surface area contributed by atoms with Gasteiger partial charge in [0.15, 0.2) is 10.8 Å². The van der Waals surface area contributed by atoms with Crippen molar-refractivity contribution in [2.45, 2.75) is 10.1 Å². The van der Waals surface area contributed by atoms with Crippen LogP contribution in [0.3, 0.4) is 0 Å². The SMILES string of the molecule is c1ccc2c(Sc3nc4ncccc4[nH]3)cncc2c1. The van der Waals surface area contributed by atoms with Crippen LogP contribution in [0, 0.1) is 0 Å². The van der Waals surface area contributed by atoms with Gasteiger partial charge in [0.25, 0.3) is 0 Å². The van der Waals surface area contributed by atoms with E-state index >= 15 is 0 Å². The predicted molar refractivity (Wildman–Crippen MR) is 79.8 cm³/mol.